The van der Waals surface area contributed by atoms with Crippen LogP contribution < -0.4 is 21.7 Å². The van der Waals surface area contributed by atoms with E-state index >= 15 is 0 Å². The molecule has 3 amide bonds. The number of hydrogen-bond donors (Lipinski definition) is 5. The number of aromatic amines is 1. The minimum Gasteiger partial charge on any atom is -0.368 e. The first-order chi connectivity index (χ1) is 17.3. The Hall–Kier alpha value is -3.99. The van der Waals surface area contributed by atoms with Gasteiger partial charge in [-0.05, 0) is 25.5 Å². The van der Waals surface area contributed by atoms with E-state index in [1.807, 2.05) is 37.3 Å². The van der Waals surface area contributed by atoms with Crippen LogP contribution in [0.4, 0.5) is 5.82 Å². The van der Waals surface area contributed by atoms with E-state index in [0.717, 1.165) is 5.56 Å². The zero-order chi connectivity index (χ0) is 25.7. The SMILES string of the molecule is CCNC1(C(N)=O)CCN(C(=O)c2cc3c(NCCNC(C)=O)nc(-c4ccccc4)nc3[nH]2)CC1. The Morgan fingerprint density at radius 3 is 2.47 bits per heavy atom. The second-order valence-corrected chi connectivity index (χ2v) is 8.89. The molecule has 3 aromatic rings. The van der Waals surface area contributed by atoms with E-state index in [4.69, 9.17) is 10.7 Å². The summed E-state index contributed by atoms with van der Waals surface area (Å²) in [7, 11) is 0. The van der Waals surface area contributed by atoms with Crippen molar-refractivity contribution in [3.05, 3.63) is 42.1 Å². The van der Waals surface area contributed by atoms with Gasteiger partial charge in [0, 0.05) is 38.7 Å². The van der Waals surface area contributed by atoms with Crippen molar-refractivity contribution >= 4 is 34.6 Å². The smallest absolute Gasteiger partial charge is 0.270 e. The van der Waals surface area contributed by atoms with Crippen LogP contribution in [0.2, 0.25) is 0 Å². The maximum Gasteiger partial charge on any atom is 0.270 e. The number of carbonyl (C=O) groups excluding carboxylic acids is 3. The Bertz CT molecular complexity index is 1250. The van der Waals surface area contributed by atoms with Gasteiger partial charge in [0.25, 0.3) is 5.91 Å². The van der Waals surface area contributed by atoms with Gasteiger partial charge in [-0.2, -0.15) is 0 Å². The molecule has 11 heteroatoms. The first-order valence-corrected chi connectivity index (χ1v) is 12.1. The number of anilines is 1. The molecule has 190 valence electrons. The number of aromatic nitrogens is 3. The molecule has 2 aromatic heterocycles. The fourth-order valence-corrected chi connectivity index (χ4v) is 4.51. The fraction of sp³-hybridized carbons (Fsp3) is 0.400. The standard InChI is InChI=1S/C25H32N8O3/c1-3-29-25(24(26)36)9-13-33(14-10-25)23(35)19-15-18-21(28-12-11-27-16(2)34)31-20(32-22(18)30-19)17-7-5-4-6-8-17/h4-8,15,29H,3,9-14H2,1-2H3,(H2,26,36)(H,27,34)(H2,28,30,31,32). The number of amides is 3. The first-order valence-electron chi connectivity index (χ1n) is 12.1. The van der Waals surface area contributed by atoms with Gasteiger partial charge in [-0.25, -0.2) is 9.97 Å². The van der Waals surface area contributed by atoms with Crippen molar-refractivity contribution in [3.63, 3.8) is 0 Å². The number of H-pyrrole nitrogens is 1. The third kappa shape index (κ3) is 5.30. The molecule has 0 bridgehead atoms. The summed E-state index contributed by atoms with van der Waals surface area (Å²) in [5.41, 5.74) is 6.64. The van der Waals surface area contributed by atoms with Crippen molar-refractivity contribution in [2.75, 3.05) is 38.0 Å². The molecule has 1 saturated heterocycles. The van der Waals surface area contributed by atoms with Crippen LogP contribution in [0.3, 0.4) is 0 Å². The van der Waals surface area contributed by atoms with Crippen LogP contribution in [-0.2, 0) is 9.59 Å². The van der Waals surface area contributed by atoms with Gasteiger partial charge in [0.2, 0.25) is 11.8 Å². The van der Waals surface area contributed by atoms with Crippen LogP contribution in [0, 0.1) is 0 Å². The molecule has 0 unspecified atom stereocenters. The molecule has 0 atom stereocenters. The van der Waals surface area contributed by atoms with Gasteiger partial charge in [-0.1, -0.05) is 37.3 Å². The Balaban J connectivity index is 1.60. The van der Waals surface area contributed by atoms with Crippen LogP contribution in [0.25, 0.3) is 22.4 Å². The van der Waals surface area contributed by atoms with Crippen molar-refractivity contribution < 1.29 is 14.4 Å². The molecule has 1 fully saturated rings. The van der Waals surface area contributed by atoms with Gasteiger partial charge >= 0.3 is 0 Å². The minimum absolute atomic E-state index is 0.111. The summed E-state index contributed by atoms with van der Waals surface area (Å²) in [6.07, 6.45) is 0.909. The lowest BCUT2D eigenvalue weighted by Crippen LogP contribution is -2.61. The number of primary amides is 1. The van der Waals surface area contributed by atoms with Gasteiger partial charge in [-0.3, -0.25) is 14.4 Å². The number of carbonyl (C=O) groups is 3. The number of fused-ring (bicyclic) bond motifs is 1. The topological polar surface area (TPSA) is 158 Å². The van der Waals surface area contributed by atoms with E-state index in [-0.39, 0.29) is 17.7 Å². The Morgan fingerprint density at radius 1 is 1.11 bits per heavy atom. The second kappa shape index (κ2) is 10.7. The number of hydrogen-bond acceptors (Lipinski definition) is 7. The maximum atomic E-state index is 13.4. The second-order valence-electron chi connectivity index (χ2n) is 8.89. The van der Waals surface area contributed by atoms with Gasteiger partial charge in [0.1, 0.15) is 22.7 Å². The summed E-state index contributed by atoms with van der Waals surface area (Å²) >= 11 is 0. The van der Waals surface area contributed by atoms with E-state index in [1.165, 1.54) is 6.92 Å². The Kier molecular flexibility index (Phi) is 7.49. The predicted octanol–water partition coefficient (Wildman–Crippen LogP) is 1.24. The summed E-state index contributed by atoms with van der Waals surface area (Å²) in [6, 6.07) is 11.3. The number of piperidine rings is 1. The van der Waals surface area contributed by atoms with Crippen LogP contribution in [-0.4, -0.2) is 75.8 Å². The number of benzene rings is 1. The molecule has 6 N–H and O–H groups in total. The van der Waals surface area contributed by atoms with Gasteiger partial charge in [0.05, 0.1) is 5.39 Å². The quantitative estimate of drug-likeness (QED) is 0.281. The van der Waals surface area contributed by atoms with Crippen LogP contribution in [0.15, 0.2) is 36.4 Å². The lowest BCUT2D eigenvalue weighted by molar-refractivity contribution is -0.126. The molecule has 3 heterocycles. The van der Waals surface area contributed by atoms with E-state index in [2.05, 4.69) is 25.9 Å². The molecule has 4 rings (SSSR count). The molecule has 0 aliphatic carbocycles. The highest BCUT2D eigenvalue weighted by atomic mass is 16.2. The van der Waals surface area contributed by atoms with Gasteiger partial charge < -0.3 is 31.6 Å². The molecule has 1 aliphatic rings. The largest absolute Gasteiger partial charge is 0.368 e. The Labute approximate surface area is 209 Å². The summed E-state index contributed by atoms with van der Waals surface area (Å²) in [5, 5.41) is 9.88. The third-order valence-corrected chi connectivity index (χ3v) is 6.43. The van der Waals surface area contributed by atoms with Crippen LogP contribution in [0.5, 0.6) is 0 Å². The number of rotatable bonds is 9. The highest BCUT2D eigenvalue weighted by molar-refractivity contribution is 6.00. The molecule has 0 radical (unpaired) electrons. The summed E-state index contributed by atoms with van der Waals surface area (Å²) < 4.78 is 0. The summed E-state index contributed by atoms with van der Waals surface area (Å²) in [4.78, 5) is 50.9. The Morgan fingerprint density at radius 2 is 1.83 bits per heavy atom. The monoisotopic (exact) mass is 492 g/mol. The third-order valence-electron chi connectivity index (χ3n) is 6.43. The number of likely N-dealkylation sites (tertiary alicyclic amines) is 1. The highest BCUT2D eigenvalue weighted by Crippen LogP contribution is 2.28. The fourth-order valence-electron chi connectivity index (χ4n) is 4.51. The molecule has 11 nitrogen and oxygen atoms in total. The van der Waals surface area contributed by atoms with Crippen molar-refractivity contribution in [1.29, 1.82) is 0 Å². The van der Waals surface area contributed by atoms with Crippen molar-refractivity contribution in [2.45, 2.75) is 32.2 Å². The van der Waals surface area contributed by atoms with Gasteiger partial charge in [0.15, 0.2) is 5.82 Å². The molecule has 0 saturated carbocycles. The number of nitrogens with one attached hydrogen (secondary N) is 4. The van der Waals surface area contributed by atoms with Crippen LogP contribution in [0.1, 0.15) is 37.2 Å². The average molecular weight is 493 g/mol. The lowest BCUT2D eigenvalue weighted by Gasteiger charge is -2.40. The number of nitrogens with two attached hydrogens (primary N) is 1. The zero-order valence-corrected chi connectivity index (χ0v) is 20.6. The molecule has 1 aliphatic heterocycles. The zero-order valence-electron chi connectivity index (χ0n) is 20.6. The number of likely N-dealkylation sites (N-methyl/N-ethyl adjacent to an activating group) is 1. The van der Waals surface area contributed by atoms with Crippen molar-refractivity contribution in [3.8, 4) is 11.4 Å². The van der Waals surface area contributed by atoms with Crippen molar-refractivity contribution in [1.82, 2.24) is 30.5 Å². The lowest BCUT2D eigenvalue weighted by atomic mass is 9.86. The maximum absolute atomic E-state index is 13.4. The summed E-state index contributed by atoms with van der Waals surface area (Å²) in [6.45, 7) is 5.73. The summed E-state index contributed by atoms with van der Waals surface area (Å²) in [5.74, 6) is 0.410. The van der Waals surface area contributed by atoms with E-state index in [1.54, 1.807) is 11.0 Å². The normalized spacial score (nSPS) is 15.0. The van der Waals surface area contributed by atoms with E-state index in [0.29, 0.717) is 73.9 Å². The molecular formula is C25H32N8O3. The van der Waals surface area contributed by atoms with Crippen molar-refractivity contribution in [2.24, 2.45) is 5.73 Å². The first kappa shape index (κ1) is 25.1. The van der Waals surface area contributed by atoms with Crippen LogP contribution >= 0.6 is 0 Å². The molecule has 36 heavy (non-hydrogen) atoms. The average Bonchev–Trinajstić information content (AvgIpc) is 3.31. The predicted molar refractivity (Wildman–Crippen MR) is 137 cm³/mol. The van der Waals surface area contributed by atoms with E-state index in [9.17, 15) is 14.4 Å². The molecular weight excluding hydrogens is 460 g/mol. The molecule has 0 spiro atoms. The minimum atomic E-state index is -0.785. The number of nitrogens with zero attached hydrogens (tertiary/aromatic N) is 3. The highest BCUT2D eigenvalue weighted by Gasteiger charge is 2.40. The van der Waals surface area contributed by atoms with E-state index < -0.39 is 5.54 Å². The van der Waals surface area contributed by atoms with Gasteiger partial charge in [-0.15, -0.1) is 0 Å². The molecule has 1 aromatic carbocycles.